The second-order valence-electron chi connectivity index (χ2n) is 5.65. The number of benzene rings is 2. The van der Waals surface area contributed by atoms with Gasteiger partial charge in [-0.2, -0.15) is 0 Å². The summed E-state index contributed by atoms with van der Waals surface area (Å²) in [6.45, 7) is 3.34. The predicted molar refractivity (Wildman–Crippen MR) is 92.0 cm³/mol. The first-order valence-electron chi connectivity index (χ1n) is 7.84. The van der Waals surface area contributed by atoms with Gasteiger partial charge in [0.15, 0.2) is 0 Å². The van der Waals surface area contributed by atoms with E-state index in [0.717, 1.165) is 30.8 Å². The third-order valence-corrected chi connectivity index (χ3v) is 3.70. The highest BCUT2D eigenvalue weighted by molar-refractivity contribution is 6.27. The van der Waals surface area contributed by atoms with Gasteiger partial charge in [0.1, 0.15) is 18.5 Å². The number of carbonyl (C=O) groups is 2. The number of carboxylic acids is 2. The van der Waals surface area contributed by atoms with Crippen LogP contribution in [0.25, 0.3) is 10.8 Å². The SMILES string of the molecule is CN1CCOC(COc2cccc3ccccc23)C1.O=C(O)C(=O)O. The smallest absolute Gasteiger partial charge is 0.414 e. The van der Waals surface area contributed by atoms with Gasteiger partial charge in [-0.1, -0.05) is 36.4 Å². The van der Waals surface area contributed by atoms with Crippen molar-refractivity contribution >= 4 is 22.7 Å². The molecule has 2 N–H and O–H groups in total. The van der Waals surface area contributed by atoms with Crippen molar-refractivity contribution in [3.8, 4) is 5.75 Å². The molecule has 0 saturated carbocycles. The van der Waals surface area contributed by atoms with Gasteiger partial charge in [-0.3, -0.25) is 0 Å². The number of hydrogen-bond donors (Lipinski definition) is 2. The van der Waals surface area contributed by atoms with Gasteiger partial charge in [-0.05, 0) is 18.5 Å². The number of likely N-dealkylation sites (N-methyl/N-ethyl adjacent to an activating group) is 1. The summed E-state index contributed by atoms with van der Waals surface area (Å²) in [5.41, 5.74) is 0. The van der Waals surface area contributed by atoms with Crippen LogP contribution in [0.2, 0.25) is 0 Å². The van der Waals surface area contributed by atoms with Crippen LogP contribution < -0.4 is 4.74 Å². The Hall–Kier alpha value is -2.64. The number of morpholine rings is 1. The average molecular weight is 347 g/mol. The molecular weight excluding hydrogens is 326 g/mol. The molecule has 3 rings (SSSR count). The molecule has 0 spiro atoms. The molecule has 7 nitrogen and oxygen atoms in total. The van der Waals surface area contributed by atoms with Crippen molar-refractivity contribution in [1.29, 1.82) is 0 Å². The van der Waals surface area contributed by atoms with E-state index in [1.807, 2.05) is 24.3 Å². The molecule has 2 aromatic carbocycles. The molecule has 25 heavy (non-hydrogen) atoms. The summed E-state index contributed by atoms with van der Waals surface area (Å²) in [4.78, 5) is 20.5. The van der Waals surface area contributed by atoms with E-state index in [4.69, 9.17) is 29.3 Å². The fourth-order valence-electron chi connectivity index (χ4n) is 2.47. The Morgan fingerprint density at radius 2 is 1.84 bits per heavy atom. The normalized spacial score (nSPS) is 17.4. The highest BCUT2D eigenvalue weighted by Crippen LogP contribution is 2.25. The van der Waals surface area contributed by atoms with E-state index in [-0.39, 0.29) is 6.10 Å². The molecule has 1 aliphatic rings. The third-order valence-electron chi connectivity index (χ3n) is 3.70. The highest BCUT2D eigenvalue weighted by Gasteiger charge is 2.18. The quantitative estimate of drug-likeness (QED) is 0.816. The zero-order valence-corrected chi connectivity index (χ0v) is 13.9. The Morgan fingerprint density at radius 1 is 1.16 bits per heavy atom. The van der Waals surface area contributed by atoms with Gasteiger partial charge in [0.2, 0.25) is 0 Å². The summed E-state index contributed by atoms with van der Waals surface area (Å²) in [6.07, 6.45) is 0.165. The Morgan fingerprint density at radius 3 is 2.52 bits per heavy atom. The van der Waals surface area contributed by atoms with Gasteiger partial charge in [-0.15, -0.1) is 0 Å². The van der Waals surface area contributed by atoms with Crippen LogP contribution in [-0.2, 0) is 14.3 Å². The highest BCUT2D eigenvalue weighted by atomic mass is 16.5. The maximum absolute atomic E-state index is 9.10. The van der Waals surface area contributed by atoms with Crippen molar-refractivity contribution in [3.63, 3.8) is 0 Å². The van der Waals surface area contributed by atoms with E-state index in [9.17, 15) is 0 Å². The Labute approximate surface area is 145 Å². The van der Waals surface area contributed by atoms with Crippen LogP contribution in [-0.4, -0.2) is 66.5 Å². The number of carboxylic acid groups (broad SMARTS) is 2. The van der Waals surface area contributed by atoms with E-state index in [1.54, 1.807) is 0 Å². The largest absolute Gasteiger partial charge is 0.490 e. The van der Waals surface area contributed by atoms with Crippen molar-refractivity contribution < 1.29 is 29.3 Å². The summed E-state index contributed by atoms with van der Waals surface area (Å²) in [5.74, 6) is -2.71. The lowest BCUT2D eigenvalue weighted by Gasteiger charge is -2.29. The molecule has 1 fully saturated rings. The van der Waals surface area contributed by atoms with Gasteiger partial charge in [-0.25, -0.2) is 9.59 Å². The number of ether oxygens (including phenoxy) is 2. The van der Waals surface area contributed by atoms with E-state index in [2.05, 4.69) is 30.1 Å². The minimum atomic E-state index is -1.82. The van der Waals surface area contributed by atoms with Gasteiger partial charge in [0.25, 0.3) is 0 Å². The van der Waals surface area contributed by atoms with Crippen LogP contribution in [0.3, 0.4) is 0 Å². The fraction of sp³-hybridized carbons (Fsp3) is 0.333. The summed E-state index contributed by atoms with van der Waals surface area (Å²) in [7, 11) is 2.12. The predicted octanol–water partition coefficient (Wildman–Crippen LogP) is 1.70. The third kappa shape index (κ3) is 5.74. The van der Waals surface area contributed by atoms with E-state index >= 15 is 0 Å². The Bertz CT molecular complexity index is 715. The first-order valence-corrected chi connectivity index (χ1v) is 7.84. The van der Waals surface area contributed by atoms with Gasteiger partial charge < -0.3 is 24.6 Å². The Balaban J connectivity index is 0.000000326. The molecule has 0 aliphatic carbocycles. The minimum absolute atomic E-state index is 0.165. The Kier molecular flexibility index (Phi) is 6.73. The number of rotatable bonds is 3. The van der Waals surface area contributed by atoms with Crippen molar-refractivity contribution in [1.82, 2.24) is 4.90 Å². The van der Waals surface area contributed by atoms with Crippen LogP contribution in [0.4, 0.5) is 0 Å². The van der Waals surface area contributed by atoms with Crippen molar-refractivity contribution in [2.75, 3.05) is 33.4 Å². The van der Waals surface area contributed by atoms with Crippen molar-refractivity contribution in [2.45, 2.75) is 6.10 Å². The van der Waals surface area contributed by atoms with Crippen LogP contribution in [0, 0.1) is 0 Å². The summed E-state index contributed by atoms with van der Waals surface area (Å²) < 4.78 is 11.7. The lowest BCUT2D eigenvalue weighted by atomic mass is 10.1. The molecule has 0 radical (unpaired) electrons. The summed E-state index contributed by atoms with van der Waals surface area (Å²) in [6, 6.07) is 14.4. The molecule has 1 heterocycles. The van der Waals surface area contributed by atoms with Gasteiger partial charge >= 0.3 is 11.9 Å². The van der Waals surface area contributed by atoms with Crippen molar-refractivity contribution in [3.05, 3.63) is 42.5 Å². The van der Waals surface area contributed by atoms with Crippen LogP contribution >= 0.6 is 0 Å². The molecule has 1 saturated heterocycles. The minimum Gasteiger partial charge on any atom is -0.490 e. The summed E-state index contributed by atoms with van der Waals surface area (Å²) in [5, 5.41) is 17.2. The molecule has 1 unspecified atom stereocenters. The molecule has 0 aromatic heterocycles. The molecule has 0 amide bonds. The topological polar surface area (TPSA) is 96.3 Å². The van der Waals surface area contributed by atoms with Crippen molar-refractivity contribution in [2.24, 2.45) is 0 Å². The maximum Gasteiger partial charge on any atom is 0.414 e. The first-order chi connectivity index (χ1) is 12.0. The number of nitrogens with zero attached hydrogens (tertiary/aromatic N) is 1. The molecular formula is C18H21NO6. The van der Waals surface area contributed by atoms with E-state index < -0.39 is 11.9 Å². The van der Waals surface area contributed by atoms with Gasteiger partial charge in [0, 0.05) is 18.5 Å². The zero-order chi connectivity index (χ0) is 18.2. The second kappa shape index (κ2) is 9.00. The molecule has 7 heteroatoms. The standard InChI is InChI=1S/C16H19NO2.C2H2O4/c1-17-9-10-18-14(11-17)12-19-16-8-4-6-13-5-2-3-7-15(13)16;3-1(4)2(5)6/h2-8,14H,9-12H2,1H3;(H,3,4)(H,5,6). The average Bonchev–Trinajstić information content (AvgIpc) is 2.60. The maximum atomic E-state index is 9.10. The monoisotopic (exact) mass is 347 g/mol. The number of hydrogen-bond acceptors (Lipinski definition) is 5. The van der Waals surface area contributed by atoms with Crippen LogP contribution in [0.5, 0.6) is 5.75 Å². The lowest BCUT2D eigenvalue weighted by Crippen LogP contribution is -2.42. The van der Waals surface area contributed by atoms with E-state index in [0.29, 0.717) is 6.61 Å². The number of aliphatic carboxylic acids is 2. The molecule has 0 bridgehead atoms. The molecule has 2 aromatic rings. The summed E-state index contributed by atoms with van der Waals surface area (Å²) >= 11 is 0. The van der Waals surface area contributed by atoms with Crippen LogP contribution in [0.1, 0.15) is 0 Å². The molecule has 1 atom stereocenters. The van der Waals surface area contributed by atoms with Crippen LogP contribution in [0.15, 0.2) is 42.5 Å². The second-order valence-corrected chi connectivity index (χ2v) is 5.65. The zero-order valence-electron chi connectivity index (χ0n) is 13.9. The van der Waals surface area contributed by atoms with E-state index in [1.165, 1.54) is 5.39 Å². The molecule has 1 aliphatic heterocycles. The fourth-order valence-corrected chi connectivity index (χ4v) is 2.47. The first kappa shape index (κ1) is 18.7. The van der Waals surface area contributed by atoms with Gasteiger partial charge in [0.05, 0.1) is 6.61 Å². The lowest BCUT2D eigenvalue weighted by molar-refractivity contribution is -0.159. The molecule has 134 valence electrons. The number of fused-ring (bicyclic) bond motifs is 1.